The molecule has 1 aliphatic heterocycles. The summed E-state index contributed by atoms with van der Waals surface area (Å²) >= 11 is 0. The lowest BCUT2D eigenvalue weighted by Crippen LogP contribution is -2.40. The smallest absolute Gasteiger partial charge is 0.319 e. The zero-order valence-corrected chi connectivity index (χ0v) is 8.55. The summed E-state index contributed by atoms with van der Waals surface area (Å²) < 4.78 is 0. The van der Waals surface area contributed by atoms with Crippen LogP contribution >= 0.6 is 0 Å². The van der Waals surface area contributed by atoms with Crippen LogP contribution in [0.25, 0.3) is 0 Å². The van der Waals surface area contributed by atoms with Crippen molar-refractivity contribution in [3.63, 3.8) is 0 Å². The van der Waals surface area contributed by atoms with Crippen LogP contribution in [0.4, 0.5) is 4.79 Å². The molecule has 1 heterocycles. The first kappa shape index (κ1) is 8.85. The minimum absolute atomic E-state index is 0.184. The summed E-state index contributed by atoms with van der Waals surface area (Å²) in [6.45, 7) is 1.97. The van der Waals surface area contributed by atoms with E-state index in [0.29, 0.717) is 5.41 Å². The van der Waals surface area contributed by atoms with E-state index in [0.717, 1.165) is 13.1 Å². The van der Waals surface area contributed by atoms with E-state index in [1.165, 1.54) is 25.7 Å². The molecule has 74 valence electrons. The summed E-state index contributed by atoms with van der Waals surface area (Å²) in [4.78, 5) is 15.3. The van der Waals surface area contributed by atoms with Gasteiger partial charge in [0.1, 0.15) is 0 Å². The molecule has 0 atom stereocenters. The molecule has 0 N–H and O–H groups in total. The molecule has 1 saturated carbocycles. The number of nitrogens with zero attached hydrogens (tertiary/aromatic N) is 2. The Hall–Kier alpha value is -0.730. The Morgan fingerprint density at radius 1 is 1.31 bits per heavy atom. The second kappa shape index (κ2) is 2.89. The molecule has 1 aliphatic carbocycles. The normalized spacial score (nSPS) is 24.6. The van der Waals surface area contributed by atoms with Gasteiger partial charge in [0.25, 0.3) is 0 Å². The summed E-state index contributed by atoms with van der Waals surface area (Å²) in [7, 11) is 3.65. The first-order valence-electron chi connectivity index (χ1n) is 5.09. The molecule has 13 heavy (non-hydrogen) atoms. The van der Waals surface area contributed by atoms with Crippen LogP contribution in [0.3, 0.4) is 0 Å². The molecule has 1 spiro atoms. The third kappa shape index (κ3) is 1.40. The van der Waals surface area contributed by atoms with Crippen LogP contribution in [0.5, 0.6) is 0 Å². The van der Waals surface area contributed by atoms with E-state index in [9.17, 15) is 4.79 Å². The van der Waals surface area contributed by atoms with E-state index in [4.69, 9.17) is 0 Å². The summed E-state index contributed by atoms with van der Waals surface area (Å²) in [5.41, 5.74) is 0.533. The third-order valence-corrected chi connectivity index (χ3v) is 3.51. The predicted octanol–water partition coefficient (Wildman–Crippen LogP) is 1.54. The van der Waals surface area contributed by atoms with E-state index in [-0.39, 0.29) is 6.03 Å². The Kier molecular flexibility index (Phi) is 1.97. The van der Waals surface area contributed by atoms with Crippen molar-refractivity contribution in [1.29, 1.82) is 0 Å². The van der Waals surface area contributed by atoms with Crippen LogP contribution < -0.4 is 0 Å². The summed E-state index contributed by atoms with van der Waals surface area (Å²) in [6.07, 6.45) is 5.27. The maximum Gasteiger partial charge on any atom is 0.319 e. The zero-order valence-electron chi connectivity index (χ0n) is 8.55. The van der Waals surface area contributed by atoms with Gasteiger partial charge in [-0.1, -0.05) is 6.42 Å². The lowest BCUT2D eigenvalue weighted by atomic mass is 9.68. The zero-order chi connectivity index (χ0) is 9.47. The highest BCUT2D eigenvalue weighted by atomic mass is 16.2. The maximum atomic E-state index is 11.6. The predicted molar refractivity (Wildman–Crippen MR) is 51.6 cm³/mol. The second-order valence-corrected chi connectivity index (χ2v) is 4.70. The summed E-state index contributed by atoms with van der Waals surface area (Å²) in [6, 6.07) is 0.184. The molecule has 2 fully saturated rings. The third-order valence-electron chi connectivity index (χ3n) is 3.51. The van der Waals surface area contributed by atoms with Gasteiger partial charge in [-0.15, -0.1) is 0 Å². The lowest BCUT2D eigenvalue weighted by molar-refractivity contribution is 0.133. The van der Waals surface area contributed by atoms with E-state index in [1.807, 2.05) is 19.0 Å². The van der Waals surface area contributed by atoms with Gasteiger partial charge < -0.3 is 9.80 Å². The van der Waals surface area contributed by atoms with Crippen molar-refractivity contribution in [2.24, 2.45) is 5.41 Å². The number of carbonyl (C=O) groups excluding carboxylic acids is 1. The summed E-state index contributed by atoms with van der Waals surface area (Å²) in [5, 5.41) is 0. The molecular weight excluding hydrogens is 164 g/mol. The lowest BCUT2D eigenvalue weighted by Gasteiger charge is -2.38. The molecular formula is C10H18N2O. The molecule has 0 aromatic rings. The number of carbonyl (C=O) groups is 1. The van der Waals surface area contributed by atoms with Crippen LogP contribution in [0.15, 0.2) is 0 Å². The van der Waals surface area contributed by atoms with Crippen molar-refractivity contribution < 1.29 is 4.79 Å². The number of urea groups is 1. The van der Waals surface area contributed by atoms with Crippen molar-refractivity contribution in [2.75, 3.05) is 27.2 Å². The Balaban J connectivity index is 1.94. The molecule has 0 aromatic carbocycles. The molecule has 0 aromatic heterocycles. The van der Waals surface area contributed by atoms with E-state index >= 15 is 0 Å². The van der Waals surface area contributed by atoms with Crippen LogP contribution in [0.2, 0.25) is 0 Å². The SMILES string of the molecule is CN(C)C(=O)N1CCC2(CCC2)C1. The van der Waals surface area contributed by atoms with Gasteiger partial charge in [-0.05, 0) is 24.7 Å². The molecule has 2 aliphatic rings. The van der Waals surface area contributed by atoms with Crippen molar-refractivity contribution in [3.05, 3.63) is 0 Å². The van der Waals surface area contributed by atoms with E-state index in [2.05, 4.69) is 0 Å². The Morgan fingerprint density at radius 3 is 2.38 bits per heavy atom. The number of rotatable bonds is 0. The molecule has 3 heteroatoms. The molecule has 0 radical (unpaired) electrons. The van der Waals surface area contributed by atoms with E-state index < -0.39 is 0 Å². The quantitative estimate of drug-likeness (QED) is 0.557. The largest absolute Gasteiger partial charge is 0.331 e. The molecule has 3 nitrogen and oxygen atoms in total. The van der Waals surface area contributed by atoms with Gasteiger partial charge >= 0.3 is 6.03 Å². The fourth-order valence-corrected chi connectivity index (χ4v) is 2.47. The van der Waals surface area contributed by atoms with Gasteiger partial charge in [0, 0.05) is 27.2 Å². The standard InChI is InChI=1S/C10H18N2O/c1-11(2)9(13)12-7-6-10(8-12)4-3-5-10/h3-8H2,1-2H3. The average Bonchev–Trinajstić information content (AvgIpc) is 2.45. The molecule has 2 amide bonds. The fraction of sp³-hybridized carbons (Fsp3) is 0.900. The highest BCUT2D eigenvalue weighted by molar-refractivity contribution is 5.74. The van der Waals surface area contributed by atoms with Gasteiger partial charge in [0.05, 0.1) is 0 Å². The van der Waals surface area contributed by atoms with Crippen LogP contribution in [-0.4, -0.2) is 43.0 Å². The van der Waals surface area contributed by atoms with Crippen LogP contribution in [0, 0.1) is 5.41 Å². The maximum absolute atomic E-state index is 11.6. The fourth-order valence-electron chi connectivity index (χ4n) is 2.47. The number of hydrogen-bond acceptors (Lipinski definition) is 1. The highest BCUT2D eigenvalue weighted by Gasteiger charge is 2.44. The minimum atomic E-state index is 0.184. The van der Waals surface area contributed by atoms with Crippen LogP contribution in [-0.2, 0) is 0 Å². The molecule has 1 saturated heterocycles. The van der Waals surface area contributed by atoms with Crippen molar-refractivity contribution in [3.8, 4) is 0 Å². The second-order valence-electron chi connectivity index (χ2n) is 4.70. The number of likely N-dealkylation sites (tertiary alicyclic amines) is 1. The van der Waals surface area contributed by atoms with Gasteiger partial charge in [0.2, 0.25) is 0 Å². The summed E-state index contributed by atoms with van der Waals surface area (Å²) in [5.74, 6) is 0. The van der Waals surface area contributed by atoms with Gasteiger partial charge in [-0.2, -0.15) is 0 Å². The first-order chi connectivity index (χ1) is 6.13. The van der Waals surface area contributed by atoms with Crippen molar-refractivity contribution >= 4 is 6.03 Å². The van der Waals surface area contributed by atoms with Crippen molar-refractivity contribution in [1.82, 2.24) is 9.80 Å². The van der Waals surface area contributed by atoms with Gasteiger partial charge in [-0.3, -0.25) is 0 Å². The topological polar surface area (TPSA) is 23.6 Å². The number of amides is 2. The highest BCUT2D eigenvalue weighted by Crippen LogP contribution is 2.47. The van der Waals surface area contributed by atoms with Crippen molar-refractivity contribution in [2.45, 2.75) is 25.7 Å². The van der Waals surface area contributed by atoms with E-state index in [1.54, 1.807) is 4.90 Å². The Morgan fingerprint density at radius 2 is 2.00 bits per heavy atom. The molecule has 2 rings (SSSR count). The van der Waals surface area contributed by atoms with Crippen LogP contribution in [0.1, 0.15) is 25.7 Å². The number of hydrogen-bond donors (Lipinski definition) is 0. The average molecular weight is 182 g/mol. The minimum Gasteiger partial charge on any atom is -0.331 e. The molecule has 0 unspecified atom stereocenters. The Bertz CT molecular complexity index is 221. The first-order valence-corrected chi connectivity index (χ1v) is 5.09. The Labute approximate surface area is 79.7 Å². The molecule has 0 bridgehead atoms. The monoisotopic (exact) mass is 182 g/mol. The van der Waals surface area contributed by atoms with Gasteiger partial charge in [-0.25, -0.2) is 4.79 Å². The van der Waals surface area contributed by atoms with Gasteiger partial charge in [0.15, 0.2) is 0 Å².